The third kappa shape index (κ3) is 5.08. The van der Waals surface area contributed by atoms with Gasteiger partial charge in [-0.25, -0.2) is 0 Å². The molecule has 1 aliphatic heterocycles. The number of hydrogen-bond acceptors (Lipinski definition) is 2. The van der Waals surface area contributed by atoms with Crippen LogP contribution >= 0.6 is 15.9 Å². The van der Waals surface area contributed by atoms with Gasteiger partial charge in [0.1, 0.15) is 0 Å². The summed E-state index contributed by atoms with van der Waals surface area (Å²) in [6.07, 6.45) is 3.98. The third-order valence-electron chi connectivity index (χ3n) is 4.65. The van der Waals surface area contributed by atoms with Crippen molar-refractivity contribution in [1.82, 2.24) is 10.2 Å². The fourth-order valence-corrected chi connectivity index (χ4v) is 3.84. The van der Waals surface area contributed by atoms with Crippen molar-refractivity contribution in [2.75, 3.05) is 19.6 Å². The Morgan fingerprint density at radius 3 is 2.90 bits per heavy atom. The molecule has 3 atom stereocenters. The molecule has 118 valence electrons. The predicted molar refractivity (Wildman–Crippen MR) is 94.6 cm³/mol. The van der Waals surface area contributed by atoms with E-state index in [-0.39, 0.29) is 0 Å². The van der Waals surface area contributed by atoms with Crippen LogP contribution in [-0.2, 0) is 0 Å². The number of rotatable bonds is 6. The highest BCUT2D eigenvalue weighted by Crippen LogP contribution is 2.23. The fraction of sp³-hybridized carbons (Fsp3) is 0.667. The summed E-state index contributed by atoms with van der Waals surface area (Å²) in [7, 11) is 0. The molecule has 0 aliphatic carbocycles. The first-order valence-corrected chi connectivity index (χ1v) is 9.13. The number of halogens is 1. The van der Waals surface area contributed by atoms with E-state index in [4.69, 9.17) is 0 Å². The van der Waals surface area contributed by atoms with Crippen LogP contribution < -0.4 is 5.32 Å². The van der Waals surface area contributed by atoms with Crippen LogP contribution in [0.3, 0.4) is 0 Å². The lowest BCUT2D eigenvalue weighted by Gasteiger charge is -2.37. The van der Waals surface area contributed by atoms with Gasteiger partial charge in [0.2, 0.25) is 0 Å². The van der Waals surface area contributed by atoms with Crippen molar-refractivity contribution in [3.8, 4) is 0 Å². The van der Waals surface area contributed by atoms with E-state index in [2.05, 4.69) is 71.2 Å². The minimum atomic E-state index is 0.402. The maximum absolute atomic E-state index is 3.81. The summed E-state index contributed by atoms with van der Waals surface area (Å²) in [5, 5.41) is 3.81. The number of piperidine rings is 1. The van der Waals surface area contributed by atoms with Gasteiger partial charge in [-0.15, -0.1) is 0 Å². The molecule has 1 heterocycles. The SMILES string of the molecule is CCCN1CCCC(C(C)N[C@@H](C)c2cccc(Br)c2)C1. The molecule has 0 bridgehead atoms. The van der Waals surface area contributed by atoms with Crippen molar-refractivity contribution in [3.05, 3.63) is 34.3 Å². The van der Waals surface area contributed by atoms with Gasteiger partial charge in [-0.2, -0.15) is 0 Å². The van der Waals surface area contributed by atoms with Gasteiger partial charge in [-0.05, 0) is 69.8 Å². The normalized spacial score (nSPS) is 23.0. The second kappa shape index (κ2) is 8.30. The minimum Gasteiger partial charge on any atom is -0.307 e. The molecule has 0 saturated carbocycles. The Morgan fingerprint density at radius 1 is 1.38 bits per heavy atom. The van der Waals surface area contributed by atoms with Gasteiger partial charge in [0, 0.05) is 23.1 Å². The number of benzene rings is 1. The summed E-state index contributed by atoms with van der Waals surface area (Å²) in [6, 6.07) is 9.60. The monoisotopic (exact) mass is 352 g/mol. The fourth-order valence-electron chi connectivity index (χ4n) is 3.42. The molecule has 2 unspecified atom stereocenters. The van der Waals surface area contributed by atoms with E-state index in [0.29, 0.717) is 12.1 Å². The number of nitrogens with one attached hydrogen (secondary N) is 1. The molecule has 21 heavy (non-hydrogen) atoms. The van der Waals surface area contributed by atoms with Gasteiger partial charge in [0.25, 0.3) is 0 Å². The van der Waals surface area contributed by atoms with Gasteiger partial charge in [-0.1, -0.05) is 35.0 Å². The maximum Gasteiger partial charge on any atom is 0.0294 e. The van der Waals surface area contributed by atoms with Gasteiger partial charge in [-0.3, -0.25) is 0 Å². The zero-order chi connectivity index (χ0) is 15.2. The standard InChI is InChI=1S/C18H29BrN2/c1-4-10-21-11-6-8-17(13-21)15(3)20-14(2)16-7-5-9-18(19)12-16/h5,7,9,12,14-15,17,20H,4,6,8,10-11,13H2,1-3H3/t14-,15?,17?/m0/s1. The van der Waals surface area contributed by atoms with E-state index >= 15 is 0 Å². The molecule has 1 fully saturated rings. The van der Waals surface area contributed by atoms with Crippen molar-refractivity contribution in [2.24, 2.45) is 5.92 Å². The van der Waals surface area contributed by atoms with Gasteiger partial charge in [0.15, 0.2) is 0 Å². The second-order valence-corrected chi connectivity index (χ2v) is 7.35. The van der Waals surface area contributed by atoms with Crippen LogP contribution in [0, 0.1) is 5.92 Å². The van der Waals surface area contributed by atoms with Crippen molar-refractivity contribution in [3.63, 3.8) is 0 Å². The molecule has 0 radical (unpaired) electrons. The van der Waals surface area contributed by atoms with E-state index < -0.39 is 0 Å². The molecule has 0 amide bonds. The Bertz CT molecular complexity index is 433. The Hall–Kier alpha value is -0.380. The number of hydrogen-bond donors (Lipinski definition) is 1. The van der Waals surface area contributed by atoms with E-state index in [1.54, 1.807) is 0 Å². The molecule has 1 aliphatic rings. The van der Waals surface area contributed by atoms with Crippen LogP contribution in [0.2, 0.25) is 0 Å². The lowest BCUT2D eigenvalue weighted by molar-refractivity contribution is 0.147. The highest BCUT2D eigenvalue weighted by Gasteiger charge is 2.25. The molecule has 3 heteroatoms. The molecule has 0 aromatic heterocycles. The molecule has 1 aromatic rings. The smallest absolute Gasteiger partial charge is 0.0294 e. The van der Waals surface area contributed by atoms with Crippen LogP contribution in [0.5, 0.6) is 0 Å². The number of likely N-dealkylation sites (tertiary alicyclic amines) is 1. The molecule has 1 saturated heterocycles. The summed E-state index contributed by atoms with van der Waals surface area (Å²) in [4.78, 5) is 2.64. The quantitative estimate of drug-likeness (QED) is 0.803. The summed E-state index contributed by atoms with van der Waals surface area (Å²) >= 11 is 3.56. The molecular formula is C18H29BrN2. The maximum atomic E-state index is 3.81. The van der Waals surface area contributed by atoms with E-state index in [1.165, 1.54) is 44.5 Å². The molecular weight excluding hydrogens is 324 g/mol. The first-order valence-electron chi connectivity index (χ1n) is 8.34. The van der Waals surface area contributed by atoms with Crippen molar-refractivity contribution < 1.29 is 0 Å². The Kier molecular flexibility index (Phi) is 6.72. The molecule has 2 rings (SSSR count). The van der Waals surface area contributed by atoms with Crippen LogP contribution in [-0.4, -0.2) is 30.6 Å². The zero-order valence-electron chi connectivity index (χ0n) is 13.6. The largest absolute Gasteiger partial charge is 0.307 e. The van der Waals surface area contributed by atoms with Crippen molar-refractivity contribution >= 4 is 15.9 Å². The van der Waals surface area contributed by atoms with Crippen LogP contribution in [0.15, 0.2) is 28.7 Å². The van der Waals surface area contributed by atoms with E-state index in [9.17, 15) is 0 Å². The van der Waals surface area contributed by atoms with Crippen molar-refractivity contribution in [1.29, 1.82) is 0 Å². The molecule has 2 nitrogen and oxygen atoms in total. The summed E-state index contributed by atoms with van der Waals surface area (Å²) in [5.41, 5.74) is 1.36. The van der Waals surface area contributed by atoms with Gasteiger partial charge < -0.3 is 10.2 Å². The summed E-state index contributed by atoms with van der Waals surface area (Å²) in [6.45, 7) is 10.7. The van der Waals surface area contributed by atoms with Crippen LogP contribution in [0.1, 0.15) is 51.6 Å². The third-order valence-corrected chi connectivity index (χ3v) is 5.14. The van der Waals surface area contributed by atoms with Gasteiger partial charge in [0.05, 0.1) is 0 Å². The summed E-state index contributed by atoms with van der Waals surface area (Å²) < 4.78 is 1.16. The topological polar surface area (TPSA) is 15.3 Å². The summed E-state index contributed by atoms with van der Waals surface area (Å²) in [5.74, 6) is 0.778. The highest BCUT2D eigenvalue weighted by atomic mass is 79.9. The Balaban J connectivity index is 1.89. The lowest BCUT2D eigenvalue weighted by Crippen LogP contribution is -2.45. The number of nitrogens with zero attached hydrogens (tertiary/aromatic N) is 1. The minimum absolute atomic E-state index is 0.402. The highest BCUT2D eigenvalue weighted by molar-refractivity contribution is 9.10. The van der Waals surface area contributed by atoms with Crippen molar-refractivity contribution in [2.45, 2.75) is 52.1 Å². The lowest BCUT2D eigenvalue weighted by atomic mass is 9.90. The average molecular weight is 353 g/mol. The molecule has 0 spiro atoms. The van der Waals surface area contributed by atoms with E-state index in [0.717, 1.165) is 10.4 Å². The van der Waals surface area contributed by atoms with Crippen LogP contribution in [0.4, 0.5) is 0 Å². The zero-order valence-corrected chi connectivity index (χ0v) is 15.2. The van der Waals surface area contributed by atoms with Gasteiger partial charge >= 0.3 is 0 Å². The average Bonchev–Trinajstić information content (AvgIpc) is 2.48. The Morgan fingerprint density at radius 2 is 2.19 bits per heavy atom. The molecule has 1 N–H and O–H groups in total. The first kappa shape index (κ1) is 17.0. The van der Waals surface area contributed by atoms with Crippen LogP contribution in [0.25, 0.3) is 0 Å². The second-order valence-electron chi connectivity index (χ2n) is 6.43. The van der Waals surface area contributed by atoms with E-state index in [1.807, 2.05) is 0 Å². The Labute approximate surface area is 138 Å². The first-order chi connectivity index (χ1) is 10.1. The predicted octanol–water partition coefficient (Wildman–Crippen LogP) is 4.61. The molecule has 1 aromatic carbocycles.